The summed E-state index contributed by atoms with van der Waals surface area (Å²) in [6.45, 7) is 15.2. The van der Waals surface area contributed by atoms with Gasteiger partial charge in [0.25, 0.3) is 0 Å². The lowest BCUT2D eigenvalue weighted by atomic mass is 9.63. The second kappa shape index (κ2) is 10.3. The molecule has 4 nitrogen and oxygen atoms in total. The molecule has 4 heteroatoms. The fraction of sp³-hybridized carbons (Fsp3) is 0.600. The number of hydrogen-bond acceptors (Lipinski definition) is 4. The third-order valence-electron chi connectivity index (χ3n) is 8.21. The van der Waals surface area contributed by atoms with E-state index >= 15 is 0 Å². The first-order valence-electron chi connectivity index (χ1n) is 13.2. The number of unbranched alkanes of at least 4 members (excludes halogenated alkanes) is 2. The lowest BCUT2D eigenvalue weighted by Gasteiger charge is -2.42. The Morgan fingerprint density at radius 2 is 1.44 bits per heavy atom. The molecule has 1 N–H and O–H groups in total. The smallest absolute Gasteiger partial charge is 0.142 e. The van der Waals surface area contributed by atoms with Crippen LogP contribution in [0, 0.1) is 0 Å². The Kier molecular flexibility index (Phi) is 7.59. The summed E-state index contributed by atoms with van der Waals surface area (Å²) in [6.07, 6.45) is 5.68. The zero-order valence-corrected chi connectivity index (χ0v) is 22.0. The van der Waals surface area contributed by atoms with Gasteiger partial charge >= 0.3 is 0 Å². The minimum atomic E-state index is 0.212. The Balaban J connectivity index is 1.55. The van der Waals surface area contributed by atoms with Gasteiger partial charge in [-0.15, -0.1) is 0 Å². The van der Waals surface area contributed by atoms with E-state index in [1.54, 1.807) is 7.11 Å². The molecule has 4 rings (SSSR count). The van der Waals surface area contributed by atoms with E-state index in [9.17, 15) is 0 Å². The quantitative estimate of drug-likeness (QED) is 0.486. The van der Waals surface area contributed by atoms with Crippen LogP contribution in [0.3, 0.4) is 0 Å². The summed E-state index contributed by atoms with van der Waals surface area (Å²) in [5.41, 5.74) is 7.25. The number of benzene rings is 2. The predicted octanol–water partition coefficient (Wildman–Crippen LogP) is 6.00. The van der Waals surface area contributed by atoms with Gasteiger partial charge in [0.1, 0.15) is 5.75 Å². The zero-order valence-electron chi connectivity index (χ0n) is 22.0. The van der Waals surface area contributed by atoms with Gasteiger partial charge in [-0.1, -0.05) is 52.0 Å². The van der Waals surface area contributed by atoms with Crippen LogP contribution < -0.4 is 9.64 Å². The molecule has 0 radical (unpaired) electrons. The van der Waals surface area contributed by atoms with Crippen LogP contribution in [-0.2, 0) is 10.8 Å². The molecule has 0 bridgehead atoms. The Bertz CT molecular complexity index is 974. The minimum Gasteiger partial charge on any atom is -0.495 e. The van der Waals surface area contributed by atoms with Crippen molar-refractivity contribution in [1.82, 2.24) is 4.90 Å². The Morgan fingerprint density at radius 1 is 0.794 bits per heavy atom. The summed E-state index contributed by atoms with van der Waals surface area (Å²) in [5.74, 6) is 0.958. The van der Waals surface area contributed by atoms with Crippen molar-refractivity contribution >= 4 is 5.69 Å². The van der Waals surface area contributed by atoms with Gasteiger partial charge < -0.3 is 14.7 Å². The van der Waals surface area contributed by atoms with E-state index in [0.717, 1.165) is 51.3 Å². The highest BCUT2D eigenvalue weighted by atomic mass is 16.5. The average Bonchev–Trinajstić information content (AvgIpc) is 2.84. The molecular formula is C30H44N2O2. The number of nitrogens with zero attached hydrogens (tertiary/aromatic N) is 2. The first-order chi connectivity index (χ1) is 16.2. The summed E-state index contributed by atoms with van der Waals surface area (Å²) in [7, 11) is 1.78. The maximum Gasteiger partial charge on any atom is 0.142 e. The first-order valence-corrected chi connectivity index (χ1v) is 13.2. The average molecular weight is 465 g/mol. The van der Waals surface area contributed by atoms with Crippen molar-refractivity contribution in [2.24, 2.45) is 0 Å². The topological polar surface area (TPSA) is 35.9 Å². The van der Waals surface area contributed by atoms with E-state index in [1.165, 1.54) is 47.2 Å². The molecule has 186 valence electrons. The number of hydrogen-bond donors (Lipinski definition) is 1. The van der Waals surface area contributed by atoms with Gasteiger partial charge in [-0.2, -0.15) is 0 Å². The van der Waals surface area contributed by atoms with Crippen LogP contribution >= 0.6 is 0 Å². The molecule has 1 saturated heterocycles. The van der Waals surface area contributed by atoms with Gasteiger partial charge in [0.05, 0.1) is 12.8 Å². The molecule has 0 atom stereocenters. The number of aliphatic hydroxyl groups excluding tert-OH is 1. The van der Waals surface area contributed by atoms with Gasteiger partial charge in [0.15, 0.2) is 0 Å². The molecule has 34 heavy (non-hydrogen) atoms. The van der Waals surface area contributed by atoms with E-state index in [2.05, 4.69) is 73.9 Å². The number of piperazine rings is 1. The predicted molar refractivity (Wildman–Crippen MR) is 143 cm³/mol. The molecule has 2 aliphatic rings. The van der Waals surface area contributed by atoms with E-state index in [4.69, 9.17) is 9.84 Å². The molecule has 2 aromatic rings. The van der Waals surface area contributed by atoms with Crippen molar-refractivity contribution in [2.45, 2.75) is 70.6 Å². The SMILES string of the molecule is COc1ccc(-c2ccc3c(c2)C(C)(C)CCC3(C)C)cc1N1CCN(CCCCCO)CC1. The van der Waals surface area contributed by atoms with Crippen molar-refractivity contribution in [3.05, 3.63) is 47.5 Å². The van der Waals surface area contributed by atoms with Crippen LogP contribution in [0.5, 0.6) is 5.75 Å². The fourth-order valence-corrected chi connectivity index (χ4v) is 5.72. The van der Waals surface area contributed by atoms with Gasteiger partial charge in [0, 0.05) is 32.8 Å². The third kappa shape index (κ3) is 5.28. The zero-order chi connectivity index (χ0) is 24.3. The normalized spacial score (nSPS) is 19.6. The number of rotatable bonds is 8. The molecule has 1 aliphatic carbocycles. The summed E-state index contributed by atoms with van der Waals surface area (Å²) in [6, 6.07) is 13.8. The minimum absolute atomic E-state index is 0.212. The van der Waals surface area contributed by atoms with Crippen LogP contribution in [0.2, 0.25) is 0 Å². The maximum atomic E-state index is 8.99. The lowest BCUT2D eigenvalue weighted by molar-refractivity contribution is 0.242. The highest BCUT2D eigenvalue weighted by Gasteiger charge is 2.37. The van der Waals surface area contributed by atoms with Crippen LogP contribution in [0.4, 0.5) is 5.69 Å². The molecule has 0 spiro atoms. The monoisotopic (exact) mass is 464 g/mol. The van der Waals surface area contributed by atoms with Crippen molar-refractivity contribution in [3.63, 3.8) is 0 Å². The molecular weight excluding hydrogens is 420 g/mol. The molecule has 1 heterocycles. The molecule has 0 unspecified atom stereocenters. The summed E-state index contributed by atoms with van der Waals surface area (Å²) >= 11 is 0. The van der Waals surface area contributed by atoms with E-state index in [-0.39, 0.29) is 10.8 Å². The molecule has 0 saturated carbocycles. The van der Waals surface area contributed by atoms with Crippen molar-refractivity contribution < 1.29 is 9.84 Å². The van der Waals surface area contributed by atoms with E-state index in [1.807, 2.05) is 0 Å². The Labute approximate surface area is 206 Å². The standard InChI is InChI=1S/C30H44N2O2/c1-29(2)13-14-30(3,4)26-21-23(9-11-25(26)29)24-10-12-28(34-5)27(22-24)32-18-16-31(17-19-32)15-7-6-8-20-33/h9-12,21-22,33H,6-8,13-20H2,1-5H3. The third-order valence-corrected chi connectivity index (χ3v) is 8.21. The molecule has 0 aromatic heterocycles. The van der Waals surface area contributed by atoms with Crippen LogP contribution in [0.25, 0.3) is 11.1 Å². The number of anilines is 1. The van der Waals surface area contributed by atoms with Crippen molar-refractivity contribution in [1.29, 1.82) is 0 Å². The van der Waals surface area contributed by atoms with Gasteiger partial charge in [0.2, 0.25) is 0 Å². The fourth-order valence-electron chi connectivity index (χ4n) is 5.72. The molecule has 0 amide bonds. The molecule has 1 aliphatic heterocycles. The number of fused-ring (bicyclic) bond motifs is 1. The summed E-state index contributed by atoms with van der Waals surface area (Å²) in [4.78, 5) is 5.04. The second-order valence-electron chi connectivity index (χ2n) is 11.5. The molecule has 2 aromatic carbocycles. The largest absolute Gasteiger partial charge is 0.495 e. The number of methoxy groups -OCH3 is 1. The summed E-state index contributed by atoms with van der Waals surface area (Å²) < 4.78 is 5.78. The van der Waals surface area contributed by atoms with Crippen LogP contribution in [0.15, 0.2) is 36.4 Å². The second-order valence-corrected chi connectivity index (χ2v) is 11.5. The van der Waals surface area contributed by atoms with Crippen molar-refractivity contribution in [3.8, 4) is 16.9 Å². The maximum absolute atomic E-state index is 8.99. The van der Waals surface area contributed by atoms with E-state index in [0.29, 0.717) is 6.61 Å². The van der Waals surface area contributed by atoms with Gasteiger partial charge in [-0.25, -0.2) is 0 Å². The lowest BCUT2D eigenvalue weighted by Crippen LogP contribution is -2.46. The Hall–Kier alpha value is -2.04. The van der Waals surface area contributed by atoms with E-state index < -0.39 is 0 Å². The van der Waals surface area contributed by atoms with Gasteiger partial charge in [-0.05, 0) is 83.9 Å². The van der Waals surface area contributed by atoms with Crippen molar-refractivity contribution in [2.75, 3.05) is 51.3 Å². The highest BCUT2D eigenvalue weighted by Crippen LogP contribution is 2.47. The Morgan fingerprint density at radius 3 is 2.12 bits per heavy atom. The van der Waals surface area contributed by atoms with Gasteiger partial charge in [-0.3, -0.25) is 4.90 Å². The van der Waals surface area contributed by atoms with Crippen LogP contribution in [-0.4, -0.2) is 56.4 Å². The number of aliphatic hydroxyl groups is 1. The first kappa shape index (κ1) is 25.1. The number of ether oxygens (including phenoxy) is 1. The summed E-state index contributed by atoms with van der Waals surface area (Å²) in [5, 5.41) is 8.99. The molecule has 1 fully saturated rings. The van der Waals surface area contributed by atoms with Crippen LogP contribution in [0.1, 0.15) is 70.9 Å². The highest BCUT2D eigenvalue weighted by molar-refractivity contribution is 5.74.